The van der Waals surface area contributed by atoms with Crippen LogP contribution in [0.4, 0.5) is 0 Å². The fourth-order valence-electron chi connectivity index (χ4n) is 2.18. The summed E-state index contributed by atoms with van der Waals surface area (Å²) in [6, 6.07) is 0. The number of hydrogen-bond acceptors (Lipinski definition) is 2. The van der Waals surface area contributed by atoms with Gasteiger partial charge in [0.2, 0.25) is 5.91 Å². The molecule has 0 spiro atoms. The summed E-state index contributed by atoms with van der Waals surface area (Å²) >= 11 is 0. The van der Waals surface area contributed by atoms with Gasteiger partial charge in [0.25, 0.3) is 0 Å². The van der Waals surface area contributed by atoms with Crippen molar-refractivity contribution in [2.45, 2.75) is 32.1 Å². The van der Waals surface area contributed by atoms with Gasteiger partial charge in [-0.3, -0.25) is 4.79 Å². The van der Waals surface area contributed by atoms with Crippen LogP contribution in [0, 0.1) is 11.8 Å². The van der Waals surface area contributed by atoms with Gasteiger partial charge in [0.15, 0.2) is 0 Å². The van der Waals surface area contributed by atoms with Crippen LogP contribution in [0.2, 0.25) is 0 Å². The fourth-order valence-corrected chi connectivity index (χ4v) is 2.18. The van der Waals surface area contributed by atoms with Gasteiger partial charge in [-0.2, -0.15) is 0 Å². The molecule has 2 rings (SSSR count). The minimum absolute atomic E-state index is 0.259. The summed E-state index contributed by atoms with van der Waals surface area (Å²) in [6.07, 6.45) is 5.20. The van der Waals surface area contributed by atoms with E-state index in [0.717, 1.165) is 32.4 Å². The Hall–Kier alpha value is -0.570. The molecule has 3 heteroatoms. The first-order chi connectivity index (χ1) is 6.79. The van der Waals surface area contributed by atoms with Gasteiger partial charge < -0.3 is 10.0 Å². The molecular formula is C11H19NO2. The molecule has 1 aliphatic carbocycles. The number of aliphatic hydroxyl groups excluding tert-OH is 1. The third-order valence-electron chi connectivity index (χ3n) is 3.34. The molecule has 2 fully saturated rings. The predicted octanol–water partition coefficient (Wildman–Crippen LogP) is 1.02. The number of rotatable bonds is 4. The highest BCUT2D eigenvalue weighted by Gasteiger charge is 2.30. The summed E-state index contributed by atoms with van der Waals surface area (Å²) in [6.45, 7) is 2.05. The Kier molecular flexibility index (Phi) is 3.06. The molecule has 80 valence electrons. The molecule has 0 aromatic heterocycles. The van der Waals surface area contributed by atoms with Crippen molar-refractivity contribution in [3.8, 4) is 0 Å². The molecule has 0 bridgehead atoms. The van der Waals surface area contributed by atoms with E-state index in [9.17, 15) is 4.79 Å². The smallest absolute Gasteiger partial charge is 0.222 e. The topological polar surface area (TPSA) is 40.5 Å². The summed E-state index contributed by atoms with van der Waals surface area (Å²) in [5, 5.41) is 8.80. The van der Waals surface area contributed by atoms with Gasteiger partial charge in [0.1, 0.15) is 0 Å². The first-order valence-electron chi connectivity index (χ1n) is 5.68. The first-order valence-corrected chi connectivity index (χ1v) is 5.68. The molecule has 3 nitrogen and oxygen atoms in total. The van der Waals surface area contributed by atoms with Crippen LogP contribution in [0.15, 0.2) is 0 Å². The molecule has 2 aliphatic rings. The van der Waals surface area contributed by atoms with E-state index in [-0.39, 0.29) is 6.61 Å². The van der Waals surface area contributed by atoms with Gasteiger partial charge in [-0.25, -0.2) is 0 Å². The number of carbonyl (C=O) groups excluding carboxylic acids is 1. The molecule has 1 N–H and O–H groups in total. The molecule has 1 aliphatic heterocycles. The van der Waals surface area contributed by atoms with E-state index in [1.807, 2.05) is 4.90 Å². The second-order valence-electron chi connectivity index (χ2n) is 4.65. The summed E-state index contributed by atoms with van der Waals surface area (Å²) in [4.78, 5) is 13.7. The maximum Gasteiger partial charge on any atom is 0.222 e. The maximum absolute atomic E-state index is 11.7. The Balaban J connectivity index is 1.73. The summed E-state index contributed by atoms with van der Waals surface area (Å²) in [7, 11) is 0. The Morgan fingerprint density at radius 2 is 2.07 bits per heavy atom. The molecule has 0 aromatic rings. The van der Waals surface area contributed by atoms with E-state index in [1.54, 1.807) is 0 Å². The average Bonchev–Trinajstić information content (AvgIpc) is 2.83. The zero-order valence-electron chi connectivity index (χ0n) is 8.61. The van der Waals surface area contributed by atoms with Gasteiger partial charge in [-0.05, 0) is 37.5 Å². The van der Waals surface area contributed by atoms with Crippen LogP contribution in [0.5, 0.6) is 0 Å². The SMILES string of the molecule is O=C(CC1CC1)N1CCC(CCO)C1. The van der Waals surface area contributed by atoms with E-state index in [0.29, 0.717) is 17.7 Å². The summed E-state index contributed by atoms with van der Waals surface area (Å²) in [5.74, 6) is 1.58. The first kappa shape index (κ1) is 9.97. The number of aliphatic hydroxyl groups is 1. The van der Waals surface area contributed by atoms with Crippen LogP contribution >= 0.6 is 0 Å². The van der Waals surface area contributed by atoms with Crippen molar-refractivity contribution in [1.82, 2.24) is 4.90 Å². The third-order valence-corrected chi connectivity index (χ3v) is 3.34. The van der Waals surface area contributed by atoms with Crippen LogP contribution in [-0.2, 0) is 4.79 Å². The molecule has 1 saturated carbocycles. The number of likely N-dealkylation sites (tertiary alicyclic amines) is 1. The standard InChI is InChI=1S/C11H19NO2/c13-6-4-10-3-5-12(8-10)11(14)7-9-1-2-9/h9-10,13H,1-8H2. The predicted molar refractivity (Wildman–Crippen MR) is 53.7 cm³/mol. The minimum atomic E-state index is 0.259. The van der Waals surface area contributed by atoms with Crippen molar-refractivity contribution in [2.24, 2.45) is 11.8 Å². The van der Waals surface area contributed by atoms with Crippen LogP contribution in [0.1, 0.15) is 32.1 Å². The highest BCUT2D eigenvalue weighted by atomic mass is 16.3. The quantitative estimate of drug-likeness (QED) is 0.731. The van der Waals surface area contributed by atoms with E-state index in [1.165, 1.54) is 12.8 Å². The van der Waals surface area contributed by atoms with Gasteiger partial charge in [-0.1, -0.05) is 0 Å². The zero-order chi connectivity index (χ0) is 9.97. The summed E-state index contributed by atoms with van der Waals surface area (Å²) in [5.41, 5.74) is 0. The van der Waals surface area contributed by atoms with E-state index in [2.05, 4.69) is 0 Å². The number of amides is 1. The fraction of sp³-hybridized carbons (Fsp3) is 0.909. The zero-order valence-corrected chi connectivity index (χ0v) is 8.61. The van der Waals surface area contributed by atoms with Crippen molar-refractivity contribution in [1.29, 1.82) is 0 Å². The number of nitrogens with zero attached hydrogens (tertiary/aromatic N) is 1. The van der Waals surface area contributed by atoms with E-state index >= 15 is 0 Å². The Morgan fingerprint density at radius 1 is 1.29 bits per heavy atom. The van der Waals surface area contributed by atoms with E-state index < -0.39 is 0 Å². The third kappa shape index (κ3) is 2.47. The molecular weight excluding hydrogens is 178 g/mol. The lowest BCUT2D eigenvalue weighted by Gasteiger charge is -2.16. The maximum atomic E-state index is 11.7. The van der Waals surface area contributed by atoms with Crippen LogP contribution in [0.3, 0.4) is 0 Å². The van der Waals surface area contributed by atoms with Crippen molar-refractivity contribution < 1.29 is 9.90 Å². The van der Waals surface area contributed by atoms with Crippen LogP contribution in [-0.4, -0.2) is 35.6 Å². The molecule has 1 atom stereocenters. The largest absolute Gasteiger partial charge is 0.396 e. The Bertz CT molecular complexity index is 213. The molecule has 1 unspecified atom stereocenters. The summed E-state index contributed by atoms with van der Waals surface area (Å²) < 4.78 is 0. The minimum Gasteiger partial charge on any atom is -0.396 e. The number of hydrogen-bond donors (Lipinski definition) is 1. The monoisotopic (exact) mass is 197 g/mol. The highest BCUT2D eigenvalue weighted by Crippen LogP contribution is 2.33. The number of carbonyl (C=O) groups is 1. The lowest BCUT2D eigenvalue weighted by Crippen LogP contribution is -2.28. The van der Waals surface area contributed by atoms with Crippen molar-refractivity contribution in [3.63, 3.8) is 0 Å². The lowest BCUT2D eigenvalue weighted by atomic mass is 10.1. The second kappa shape index (κ2) is 4.30. The molecule has 14 heavy (non-hydrogen) atoms. The molecule has 1 heterocycles. The van der Waals surface area contributed by atoms with Gasteiger partial charge in [0.05, 0.1) is 0 Å². The lowest BCUT2D eigenvalue weighted by molar-refractivity contribution is -0.130. The van der Waals surface area contributed by atoms with Gasteiger partial charge >= 0.3 is 0 Å². The van der Waals surface area contributed by atoms with Crippen LogP contribution in [0.25, 0.3) is 0 Å². The molecule has 1 amide bonds. The Morgan fingerprint density at radius 3 is 2.71 bits per heavy atom. The second-order valence-corrected chi connectivity index (χ2v) is 4.65. The van der Waals surface area contributed by atoms with Gasteiger partial charge in [-0.15, -0.1) is 0 Å². The highest BCUT2D eigenvalue weighted by molar-refractivity contribution is 5.77. The normalized spacial score (nSPS) is 26.9. The van der Waals surface area contributed by atoms with E-state index in [4.69, 9.17) is 5.11 Å². The van der Waals surface area contributed by atoms with Gasteiger partial charge in [0, 0.05) is 26.1 Å². The molecule has 0 aromatic carbocycles. The average molecular weight is 197 g/mol. The molecule has 0 radical (unpaired) electrons. The molecule has 1 saturated heterocycles. The van der Waals surface area contributed by atoms with Crippen molar-refractivity contribution in [3.05, 3.63) is 0 Å². The van der Waals surface area contributed by atoms with Crippen molar-refractivity contribution in [2.75, 3.05) is 19.7 Å². The van der Waals surface area contributed by atoms with Crippen LogP contribution < -0.4 is 0 Å². The Labute approximate surface area is 85.1 Å². The van der Waals surface area contributed by atoms with Crippen molar-refractivity contribution >= 4 is 5.91 Å².